The Labute approximate surface area is 177 Å². The molecule has 0 radical (unpaired) electrons. The van der Waals surface area contributed by atoms with E-state index in [1.54, 1.807) is 0 Å². The van der Waals surface area contributed by atoms with Gasteiger partial charge in [0.25, 0.3) is 5.91 Å². The molecule has 3 N–H and O–H groups in total. The lowest BCUT2D eigenvalue weighted by Crippen LogP contribution is -2.47. The van der Waals surface area contributed by atoms with Crippen molar-refractivity contribution in [1.82, 2.24) is 5.32 Å². The zero-order chi connectivity index (χ0) is 20.7. The number of carbonyl (C=O) groups excluding carboxylic acids is 1. The van der Waals surface area contributed by atoms with Crippen LogP contribution in [0.5, 0.6) is 0 Å². The highest BCUT2D eigenvalue weighted by atomic mass is 16.2. The maximum Gasteiger partial charge on any atom is 0.259 e. The fraction of sp³-hybridized carbons (Fsp3) is 0.269. The number of anilines is 1. The van der Waals surface area contributed by atoms with Gasteiger partial charge in [-0.25, -0.2) is 0 Å². The van der Waals surface area contributed by atoms with Gasteiger partial charge in [-0.3, -0.25) is 9.69 Å². The van der Waals surface area contributed by atoms with E-state index < -0.39 is 0 Å². The van der Waals surface area contributed by atoms with E-state index >= 15 is 0 Å². The summed E-state index contributed by atoms with van der Waals surface area (Å²) in [5.41, 5.74) is 12.2. The Morgan fingerprint density at radius 1 is 1.00 bits per heavy atom. The Hall–Kier alpha value is -2.95. The lowest BCUT2D eigenvalue weighted by molar-refractivity contribution is 0.0976. The van der Waals surface area contributed by atoms with Crippen LogP contribution in [0.15, 0.2) is 78.9 Å². The van der Waals surface area contributed by atoms with Gasteiger partial charge in [0.2, 0.25) is 0 Å². The molecule has 0 spiro atoms. The molecule has 1 aliphatic heterocycles. The van der Waals surface area contributed by atoms with Crippen LogP contribution in [0.4, 0.5) is 5.69 Å². The van der Waals surface area contributed by atoms with Gasteiger partial charge in [0.15, 0.2) is 0 Å². The van der Waals surface area contributed by atoms with E-state index in [1.165, 1.54) is 16.7 Å². The Morgan fingerprint density at radius 3 is 2.43 bits per heavy atom. The molecule has 1 amide bonds. The van der Waals surface area contributed by atoms with Crippen molar-refractivity contribution in [2.24, 2.45) is 5.73 Å². The minimum absolute atomic E-state index is 0.0203. The van der Waals surface area contributed by atoms with E-state index in [9.17, 15) is 4.79 Å². The van der Waals surface area contributed by atoms with E-state index in [-0.39, 0.29) is 24.0 Å². The topological polar surface area (TPSA) is 58.4 Å². The molecular formula is C26H27N3O. The molecule has 3 aromatic carbocycles. The summed E-state index contributed by atoms with van der Waals surface area (Å²) in [5, 5.41) is 3.80. The van der Waals surface area contributed by atoms with Crippen molar-refractivity contribution in [1.29, 1.82) is 0 Å². The van der Waals surface area contributed by atoms with Crippen LogP contribution in [0.25, 0.3) is 0 Å². The standard InChI is InChI=1S/C26H27N3O/c1-17(18-9-4-2-5-10-18)28-21-15-20-13-8-14-23-24(20)22(16-21)25(27)29(23)26(30)19-11-6-3-7-12-19/h2-14,17,21-22,25,28H,15-16,27H2,1H3/t17?,21?,22?,25-/m0/s1. The number of nitrogens with zero attached hydrogens (tertiary/aromatic N) is 1. The van der Waals surface area contributed by atoms with Gasteiger partial charge in [-0.05, 0) is 54.7 Å². The molecule has 0 fully saturated rings. The Balaban J connectivity index is 1.42. The highest BCUT2D eigenvalue weighted by Gasteiger charge is 2.44. The molecule has 4 nitrogen and oxygen atoms in total. The zero-order valence-electron chi connectivity index (χ0n) is 17.2. The second-order valence-corrected chi connectivity index (χ2v) is 8.42. The molecule has 152 valence electrons. The van der Waals surface area contributed by atoms with Crippen LogP contribution in [-0.2, 0) is 6.42 Å². The van der Waals surface area contributed by atoms with E-state index in [0.717, 1.165) is 18.5 Å². The van der Waals surface area contributed by atoms with Gasteiger partial charge in [0.05, 0.1) is 6.17 Å². The smallest absolute Gasteiger partial charge is 0.259 e. The van der Waals surface area contributed by atoms with Gasteiger partial charge in [-0.15, -0.1) is 0 Å². The molecule has 5 rings (SSSR count). The van der Waals surface area contributed by atoms with E-state index in [2.05, 4.69) is 48.6 Å². The summed E-state index contributed by atoms with van der Waals surface area (Å²) in [6.45, 7) is 2.21. The number of amides is 1. The first kappa shape index (κ1) is 19.0. The predicted molar refractivity (Wildman–Crippen MR) is 121 cm³/mol. The fourth-order valence-electron chi connectivity index (χ4n) is 5.12. The van der Waals surface area contributed by atoms with Gasteiger partial charge in [0, 0.05) is 29.3 Å². The molecule has 1 heterocycles. The molecule has 3 unspecified atom stereocenters. The molecule has 0 aromatic heterocycles. The largest absolute Gasteiger partial charge is 0.310 e. The maximum atomic E-state index is 13.3. The molecule has 30 heavy (non-hydrogen) atoms. The van der Waals surface area contributed by atoms with Crippen molar-refractivity contribution in [3.63, 3.8) is 0 Å². The SMILES string of the molecule is CC(NC1Cc2cccc3c2C(C1)[C@@H](N)N3C(=O)c1ccccc1)c1ccccc1. The molecular weight excluding hydrogens is 370 g/mol. The van der Waals surface area contributed by atoms with Crippen LogP contribution in [0, 0.1) is 0 Å². The normalized spacial score (nSPS) is 23.1. The molecule has 4 atom stereocenters. The number of carbonyl (C=O) groups is 1. The van der Waals surface area contributed by atoms with Crippen LogP contribution in [0.3, 0.4) is 0 Å². The number of hydrogen-bond donors (Lipinski definition) is 2. The minimum atomic E-state index is -0.342. The first-order chi connectivity index (χ1) is 14.6. The van der Waals surface area contributed by atoms with Crippen LogP contribution in [0.1, 0.15) is 52.4 Å². The summed E-state index contributed by atoms with van der Waals surface area (Å²) in [6, 6.07) is 26.8. The zero-order valence-corrected chi connectivity index (χ0v) is 17.2. The van der Waals surface area contributed by atoms with Crippen molar-refractivity contribution < 1.29 is 4.79 Å². The number of nitrogens with two attached hydrogens (primary N) is 1. The lowest BCUT2D eigenvalue weighted by Gasteiger charge is -2.33. The van der Waals surface area contributed by atoms with Gasteiger partial charge >= 0.3 is 0 Å². The Morgan fingerprint density at radius 2 is 1.70 bits per heavy atom. The molecule has 4 heteroatoms. The highest BCUT2D eigenvalue weighted by Crippen LogP contribution is 2.47. The van der Waals surface area contributed by atoms with E-state index in [1.807, 2.05) is 47.4 Å². The molecule has 1 aliphatic carbocycles. The lowest BCUT2D eigenvalue weighted by atomic mass is 9.80. The van der Waals surface area contributed by atoms with Gasteiger partial charge < -0.3 is 11.1 Å². The Bertz CT molecular complexity index is 1050. The summed E-state index contributed by atoms with van der Waals surface area (Å²) in [6.07, 6.45) is 1.54. The van der Waals surface area contributed by atoms with Crippen LogP contribution in [-0.4, -0.2) is 18.1 Å². The molecule has 0 saturated carbocycles. The van der Waals surface area contributed by atoms with Gasteiger partial charge in [-0.1, -0.05) is 60.7 Å². The summed E-state index contributed by atoms with van der Waals surface area (Å²) in [7, 11) is 0. The van der Waals surface area contributed by atoms with Crippen molar-refractivity contribution in [3.05, 3.63) is 101 Å². The fourth-order valence-corrected chi connectivity index (χ4v) is 5.12. The van der Waals surface area contributed by atoms with E-state index in [4.69, 9.17) is 5.73 Å². The third kappa shape index (κ3) is 3.22. The summed E-state index contributed by atoms with van der Waals surface area (Å²) in [4.78, 5) is 15.1. The summed E-state index contributed by atoms with van der Waals surface area (Å²) >= 11 is 0. The average molecular weight is 398 g/mol. The third-order valence-corrected chi connectivity index (χ3v) is 6.54. The quantitative estimate of drug-likeness (QED) is 0.687. The molecule has 3 aromatic rings. The first-order valence-electron chi connectivity index (χ1n) is 10.7. The van der Waals surface area contributed by atoms with Crippen molar-refractivity contribution in [3.8, 4) is 0 Å². The maximum absolute atomic E-state index is 13.3. The van der Waals surface area contributed by atoms with Crippen molar-refractivity contribution in [2.45, 2.75) is 43.9 Å². The van der Waals surface area contributed by atoms with E-state index in [0.29, 0.717) is 11.6 Å². The van der Waals surface area contributed by atoms with Crippen LogP contribution < -0.4 is 16.0 Å². The molecule has 2 aliphatic rings. The van der Waals surface area contributed by atoms with Crippen LogP contribution >= 0.6 is 0 Å². The number of hydrogen-bond acceptors (Lipinski definition) is 3. The average Bonchev–Trinajstić information content (AvgIpc) is 3.07. The number of nitrogens with one attached hydrogen (secondary N) is 1. The first-order valence-corrected chi connectivity index (χ1v) is 10.7. The number of rotatable bonds is 4. The van der Waals surface area contributed by atoms with Gasteiger partial charge in [0.1, 0.15) is 0 Å². The summed E-state index contributed by atoms with van der Waals surface area (Å²) < 4.78 is 0. The Kier molecular flexibility index (Phi) is 4.89. The van der Waals surface area contributed by atoms with Gasteiger partial charge in [-0.2, -0.15) is 0 Å². The highest BCUT2D eigenvalue weighted by molar-refractivity contribution is 6.08. The monoisotopic (exact) mass is 397 g/mol. The summed E-state index contributed by atoms with van der Waals surface area (Å²) in [5.74, 6) is 0.131. The molecule has 0 saturated heterocycles. The second kappa shape index (κ2) is 7.71. The predicted octanol–water partition coefficient (Wildman–Crippen LogP) is 4.38. The van der Waals surface area contributed by atoms with Crippen LogP contribution in [0.2, 0.25) is 0 Å². The van der Waals surface area contributed by atoms with Crippen molar-refractivity contribution in [2.75, 3.05) is 4.90 Å². The minimum Gasteiger partial charge on any atom is -0.310 e. The molecule has 0 bridgehead atoms. The number of benzene rings is 3. The second-order valence-electron chi connectivity index (χ2n) is 8.42. The third-order valence-electron chi connectivity index (χ3n) is 6.54. The van der Waals surface area contributed by atoms with Crippen molar-refractivity contribution >= 4 is 11.6 Å².